The topological polar surface area (TPSA) is 78.4 Å². The lowest BCUT2D eigenvalue weighted by molar-refractivity contribution is -0.143. The van der Waals surface area contributed by atoms with Gasteiger partial charge in [-0.05, 0) is 38.4 Å². The number of hydrogen-bond donors (Lipinski definition) is 2. The largest absolute Gasteiger partial charge is 0.497 e. The van der Waals surface area contributed by atoms with Crippen LogP contribution in [0.5, 0.6) is 5.75 Å². The Morgan fingerprint density at radius 3 is 3.09 bits per heavy atom. The van der Waals surface area contributed by atoms with Crippen molar-refractivity contribution in [2.45, 2.75) is 25.8 Å². The van der Waals surface area contributed by atoms with Crippen molar-refractivity contribution in [1.82, 2.24) is 14.9 Å². The molecule has 22 heavy (non-hydrogen) atoms. The molecule has 0 amide bonds. The summed E-state index contributed by atoms with van der Waals surface area (Å²) in [5, 5.41) is 9.22. The van der Waals surface area contributed by atoms with Gasteiger partial charge in [0.25, 0.3) is 0 Å². The summed E-state index contributed by atoms with van der Waals surface area (Å²) >= 11 is 0. The number of ether oxygens (including phenoxy) is 1. The Balaban J connectivity index is 1.82. The molecule has 1 aromatic carbocycles. The lowest BCUT2D eigenvalue weighted by atomic mass is 9.97. The molecule has 6 heteroatoms. The Morgan fingerprint density at radius 2 is 2.36 bits per heavy atom. The Hall–Kier alpha value is -2.08. The second-order valence-corrected chi connectivity index (χ2v) is 5.85. The SMILES string of the molecule is COc1ccc2nc(C(C)N3CCCC(C(=O)O)C3)[nH]c2c1. The fraction of sp³-hybridized carbons (Fsp3) is 0.500. The van der Waals surface area contributed by atoms with Gasteiger partial charge >= 0.3 is 5.97 Å². The van der Waals surface area contributed by atoms with Crippen LogP contribution in [0, 0.1) is 5.92 Å². The Kier molecular flexibility index (Phi) is 4.02. The molecule has 2 atom stereocenters. The number of benzene rings is 1. The summed E-state index contributed by atoms with van der Waals surface area (Å²) in [6.07, 6.45) is 1.67. The molecule has 0 spiro atoms. The molecule has 2 unspecified atom stereocenters. The lowest BCUT2D eigenvalue weighted by Crippen LogP contribution is -2.40. The van der Waals surface area contributed by atoms with E-state index in [9.17, 15) is 9.90 Å². The second kappa shape index (κ2) is 5.96. The van der Waals surface area contributed by atoms with Crippen LogP contribution in [0.2, 0.25) is 0 Å². The zero-order valence-corrected chi connectivity index (χ0v) is 12.9. The summed E-state index contributed by atoms with van der Waals surface area (Å²) in [6.45, 7) is 3.56. The van der Waals surface area contributed by atoms with E-state index in [1.54, 1.807) is 7.11 Å². The van der Waals surface area contributed by atoms with E-state index in [-0.39, 0.29) is 12.0 Å². The normalized spacial score (nSPS) is 20.9. The molecule has 2 N–H and O–H groups in total. The number of likely N-dealkylation sites (tertiary alicyclic amines) is 1. The van der Waals surface area contributed by atoms with E-state index < -0.39 is 5.97 Å². The summed E-state index contributed by atoms with van der Waals surface area (Å²) in [5.41, 5.74) is 1.84. The zero-order chi connectivity index (χ0) is 15.7. The first-order chi connectivity index (χ1) is 10.6. The minimum absolute atomic E-state index is 0.0699. The van der Waals surface area contributed by atoms with Gasteiger partial charge in [-0.25, -0.2) is 4.98 Å². The highest BCUT2D eigenvalue weighted by Crippen LogP contribution is 2.27. The molecule has 118 valence electrons. The number of carbonyl (C=O) groups is 1. The number of carboxylic acids is 1. The van der Waals surface area contributed by atoms with Gasteiger partial charge in [-0.1, -0.05) is 0 Å². The molecule has 2 aromatic rings. The summed E-state index contributed by atoms with van der Waals surface area (Å²) in [4.78, 5) is 21.4. The summed E-state index contributed by atoms with van der Waals surface area (Å²) < 4.78 is 5.23. The van der Waals surface area contributed by atoms with Crippen molar-refractivity contribution in [3.05, 3.63) is 24.0 Å². The number of carboxylic acid groups (broad SMARTS) is 1. The highest BCUT2D eigenvalue weighted by atomic mass is 16.5. The molecule has 0 saturated carbocycles. The van der Waals surface area contributed by atoms with E-state index >= 15 is 0 Å². The molecular weight excluding hydrogens is 282 g/mol. The molecule has 0 bridgehead atoms. The van der Waals surface area contributed by atoms with Crippen LogP contribution in [-0.2, 0) is 4.79 Å². The van der Waals surface area contributed by atoms with E-state index in [1.807, 2.05) is 18.2 Å². The van der Waals surface area contributed by atoms with E-state index in [4.69, 9.17) is 4.74 Å². The van der Waals surface area contributed by atoms with E-state index in [1.165, 1.54) is 0 Å². The van der Waals surface area contributed by atoms with E-state index in [0.29, 0.717) is 6.54 Å². The summed E-state index contributed by atoms with van der Waals surface area (Å²) in [5.74, 6) is 0.681. The number of methoxy groups -OCH3 is 1. The number of imidazole rings is 1. The van der Waals surface area contributed by atoms with Crippen molar-refractivity contribution >= 4 is 17.0 Å². The molecule has 1 fully saturated rings. The number of hydrogen-bond acceptors (Lipinski definition) is 4. The molecular formula is C16H21N3O3. The van der Waals surface area contributed by atoms with Gasteiger partial charge in [0.2, 0.25) is 0 Å². The lowest BCUT2D eigenvalue weighted by Gasteiger charge is -2.34. The molecule has 1 aliphatic rings. The first-order valence-electron chi connectivity index (χ1n) is 7.59. The molecule has 6 nitrogen and oxygen atoms in total. The number of nitrogens with one attached hydrogen (secondary N) is 1. The predicted octanol–water partition coefficient (Wildman–Crippen LogP) is 2.43. The number of nitrogens with zero attached hydrogens (tertiary/aromatic N) is 2. The molecule has 3 rings (SSSR count). The monoisotopic (exact) mass is 303 g/mol. The van der Waals surface area contributed by atoms with Crippen LogP contribution >= 0.6 is 0 Å². The standard InChI is InChI=1S/C16H21N3O3/c1-10(19-7-3-4-11(9-19)16(20)21)15-17-13-6-5-12(22-2)8-14(13)18-15/h5-6,8,10-11H,3-4,7,9H2,1-2H3,(H,17,18)(H,20,21). The first-order valence-corrected chi connectivity index (χ1v) is 7.59. The molecule has 0 aliphatic carbocycles. The maximum Gasteiger partial charge on any atom is 0.307 e. The average molecular weight is 303 g/mol. The molecule has 1 aromatic heterocycles. The van der Waals surface area contributed by atoms with Crippen molar-refractivity contribution in [2.24, 2.45) is 5.92 Å². The third kappa shape index (κ3) is 2.78. The minimum atomic E-state index is -0.703. The molecule has 1 saturated heterocycles. The fourth-order valence-corrected chi connectivity index (χ4v) is 3.07. The minimum Gasteiger partial charge on any atom is -0.497 e. The quantitative estimate of drug-likeness (QED) is 0.907. The van der Waals surface area contributed by atoms with Crippen molar-refractivity contribution in [2.75, 3.05) is 20.2 Å². The van der Waals surface area contributed by atoms with Crippen LogP contribution in [0.15, 0.2) is 18.2 Å². The van der Waals surface area contributed by atoms with Crippen LogP contribution < -0.4 is 4.74 Å². The third-order valence-electron chi connectivity index (χ3n) is 4.45. The highest BCUT2D eigenvalue weighted by Gasteiger charge is 2.29. The van der Waals surface area contributed by atoms with Gasteiger partial charge in [-0.2, -0.15) is 0 Å². The summed E-state index contributed by atoms with van der Waals surface area (Å²) in [7, 11) is 1.64. The Morgan fingerprint density at radius 1 is 1.55 bits per heavy atom. The fourth-order valence-electron chi connectivity index (χ4n) is 3.07. The zero-order valence-electron chi connectivity index (χ0n) is 12.9. The van der Waals surface area contributed by atoms with Gasteiger partial charge in [0.1, 0.15) is 11.6 Å². The number of aromatic amines is 1. The van der Waals surface area contributed by atoms with Gasteiger partial charge in [0.15, 0.2) is 0 Å². The number of rotatable bonds is 4. The predicted molar refractivity (Wildman–Crippen MR) is 83.0 cm³/mol. The van der Waals surface area contributed by atoms with Gasteiger partial charge < -0.3 is 14.8 Å². The smallest absolute Gasteiger partial charge is 0.307 e. The Labute approximate surface area is 129 Å². The maximum atomic E-state index is 11.2. The van der Waals surface area contributed by atoms with Gasteiger partial charge in [-0.3, -0.25) is 9.69 Å². The van der Waals surface area contributed by atoms with Crippen LogP contribution in [0.3, 0.4) is 0 Å². The first kappa shape index (κ1) is 14.8. The second-order valence-electron chi connectivity index (χ2n) is 5.85. The molecule has 2 heterocycles. The van der Waals surface area contributed by atoms with Gasteiger partial charge in [0, 0.05) is 12.6 Å². The number of H-pyrrole nitrogens is 1. The van der Waals surface area contributed by atoms with Crippen LogP contribution in [0.1, 0.15) is 31.6 Å². The van der Waals surface area contributed by atoms with Crippen molar-refractivity contribution < 1.29 is 14.6 Å². The van der Waals surface area contributed by atoms with Crippen LogP contribution in [0.25, 0.3) is 11.0 Å². The van der Waals surface area contributed by atoms with Gasteiger partial charge in [-0.15, -0.1) is 0 Å². The molecule has 1 aliphatic heterocycles. The van der Waals surface area contributed by atoms with Crippen molar-refractivity contribution in [3.63, 3.8) is 0 Å². The van der Waals surface area contributed by atoms with E-state index in [2.05, 4.69) is 21.8 Å². The van der Waals surface area contributed by atoms with Crippen molar-refractivity contribution in [3.8, 4) is 5.75 Å². The number of aromatic nitrogens is 2. The van der Waals surface area contributed by atoms with Gasteiger partial charge in [0.05, 0.1) is 30.1 Å². The average Bonchev–Trinajstić information content (AvgIpc) is 2.97. The number of aliphatic carboxylic acids is 1. The van der Waals surface area contributed by atoms with Crippen molar-refractivity contribution in [1.29, 1.82) is 0 Å². The third-order valence-corrected chi connectivity index (χ3v) is 4.45. The van der Waals surface area contributed by atoms with Crippen LogP contribution in [0.4, 0.5) is 0 Å². The molecule has 0 radical (unpaired) electrons. The van der Waals surface area contributed by atoms with E-state index in [0.717, 1.165) is 42.0 Å². The maximum absolute atomic E-state index is 11.2. The Bertz CT molecular complexity index is 682. The summed E-state index contributed by atoms with van der Waals surface area (Å²) in [6, 6.07) is 5.81. The number of fused-ring (bicyclic) bond motifs is 1. The number of piperidine rings is 1. The van der Waals surface area contributed by atoms with Crippen LogP contribution in [-0.4, -0.2) is 46.1 Å². The highest BCUT2D eigenvalue weighted by molar-refractivity contribution is 5.76.